The summed E-state index contributed by atoms with van der Waals surface area (Å²) in [5, 5.41) is 11.7. The quantitative estimate of drug-likeness (QED) is 0.851. The van der Waals surface area contributed by atoms with Crippen LogP contribution in [0.5, 0.6) is 0 Å². The third kappa shape index (κ3) is 3.15. The molecule has 25 heavy (non-hydrogen) atoms. The van der Waals surface area contributed by atoms with Gasteiger partial charge in [0.1, 0.15) is 5.82 Å². The van der Waals surface area contributed by atoms with Crippen LogP contribution >= 0.6 is 12.2 Å². The van der Waals surface area contributed by atoms with Gasteiger partial charge < -0.3 is 9.47 Å². The molecule has 0 radical (unpaired) electrons. The second kappa shape index (κ2) is 6.74. The normalized spacial score (nSPS) is 19.2. The number of hydrogen-bond donors (Lipinski definition) is 1. The molecular weight excluding hydrogens is 336 g/mol. The molecule has 1 N–H and O–H groups in total. The summed E-state index contributed by atoms with van der Waals surface area (Å²) in [6.45, 7) is 7.47. The summed E-state index contributed by atoms with van der Waals surface area (Å²) >= 11 is 5.22. The first-order valence-electron chi connectivity index (χ1n) is 8.71. The Hall–Kier alpha value is -1.96. The zero-order valence-electron chi connectivity index (χ0n) is 15.5. The highest BCUT2D eigenvalue weighted by molar-refractivity contribution is 7.71. The Morgan fingerprint density at radius 1 is 1.36 bits per heavy atom. The number of aryl methyl sites for hydroxylation is 2. The molecule has 3 heterocycles. The lowest BCUT2D eigenvalue weighted by molar-refractivity contribution is -0.133. The van der Waals surface area contributed by atoms with Crippen molar-refractivity contribution in [1.82, 2.24) is 29.4 Å². The van der Waals surface area contributed by atoms with Gasteiger partial charge in [-0.15, -0.1) is 0 Å². The lowest BCUT2D eigenvalue weighted by Gasteiger charge is -2.34. The number of rotatable bonds is 3. The molecule has 0 bridgehead atoms. The molecule has 136 valence electrons. The van der Waals surface area contributed by atoms with Crippen LogP contribution in [-0.2, 0) is 18.9 Å². The monoisotopic (exact) mass is 362 g/mol. The van der Waals surface area contributed by atoms with Crippen LogP contribution in [0.4, 0.5) is 0 Å². The minimum Gasteiger partial charge on any atom is -0.341 e. The van der Waals surface area contributed by atoms with Gasteiger partial charge in [-0.05, 0) is 45.8 Å². The molecule has 1 aliphatic rings. The largest absolute Gasteiger partial charge is 0.341 e. The molecule has 3 rings (SSSR count). The molecule has 7 nitrogen and oxygen atoms in total. The topological polar surface area (TPSA) is 71.7 Å². The number of carbonyl (C=O) groups is 1. The van der Waals surface area contributed by atoms with Crippen molar-refractivity contribution in [3.63, 3.8) is 0 Å². The molecule has 1 saturated heterocycles. The molecule has 1 fully saturated rings. The maximum absolute atomic E-state index is 13.1. The average Bonchev–Trinajstić information content (AvgIpc) is 3.05. The van der Waals surface area contributed by atoms with Crippen molar-refractivity contribution in [2.45, 2.75) is 45.4 Å². The first kappa shape index (κ1) is 17.8. The minimum atomic E-state index is -0.185. The van der Waals surface area contributed by atoms with E-state index in [2.05, 4.69) is 15.3 Å². The molecule has 2 aromatic rings. The summed E-state index contributed by atoms with van der Waals surface area (Å²) in [6, 6.07) is 0. The summed E-state index contributed by atoms with van der Waals surface area (Å²) in [4.78, 5) is 15.1. The van der Waals surface area contributed by atoms with Gasteiger partial charge in [0.05, 0.1) is 11.6 Å². The minimum absolute atomic E-state index is 0.167. The predicted octanol–water partition coefficient (Wildman–Crippen LogP) is 2.34. The van der Waals surface area contributed by atoms with E-state index < -0.39 is 0 Å². The Balaban J connectivity index is 1.80. The third-order valence-corrected chi connectivity index (χ3v) is 5.75. The van der Waals surface area contributed by atoms with Crippen molar-refractivity contribution < 1.29 is 4.79 Å². The van der Waals surface area contributed by atoms with Gasteiger partial charge in [0.2, 0.25) is 5.91 Å². The number of nitrogens with one attached hydrogen (secondary N) is 1. The Labute approximate surface area is 153 Å². The highest BCUT2D eigenvalue weighted by Gasteiger charge is 2.32. The molecule has 2 unspecified atom stereocenters. The van der Waals surface area contributed by atoms with Gasteiger partial charge in [-0.3, -0.25) is 14.6 Å². The number of carbonyl (C=O) groups excluding carboxylic acids is 1. The molecule has 0 spiro atoms. The standard InChI is InChI=1S/C17H26N6OS/c1-10(14-11(2)20-22(5)12(14)3)16(24)23-8-6-7-13(9-23)15-18-19-17(25)21(15)4/h10,13H,6-9H2,1-5H3,(H,19,25). The van der Waals surface area contributed by atoms with Gasteiger partial charge in [0, 0.05) is 44.4 Å². The van der Waals surface area contributed by atoms with Crippen molar-refractivity contribution in [2.75, 3.05) is 13.1 Å². The van der Waals surface area contributed by atoms with Gasteiger partial charge in [0.25, 0.3) is 0 Å². The van der Waals surface area contributed by atoms with Crippen LogP contribution < -0.4 is 0 Å². The van der Waals surface area contributed by atoms with Crippen LogP contribution in [-0.4, -0.2) is 48.4 Å². The van der Waals surface area contributed by atoms with Crippen molar-refractivity contribution in [3.05, 3.63) is 27.5 Å². The third-order valence-electron chi connectivity index (χ3n) is 5.38. The fourth-order valence-corrected chi connectivity index (χ4v) is 4.07. The lowest BCUT2D eigenvalue weighted by atomic mass is 9.93. The van der Waals surface area contributed by atoms with Crippen molar-refractivity contribution in [3.8, 4) is 0 Å². The lowest BCUT2D eigenvalue weighted by Crippen LogP contribution is -2.41. The van der Waals surface area contributed by atoms with Crippen LogP contribution in [0.15, 0.2) is 0 Å². The van der Waals surface area contributed by atoms with E-state index >= 15 is 0 Å². The molecule has 8 heteroatoms. The Kier molecular flexibility index (Phi) is 4.81. The maximum Gasteiger partial charge on any atom is 0.229 e. The fourth-order valence-electron chi connectivity index (χ4n) is 3.93. The van der Waals surface area contributed by atoms with E-state index in [1.165, 1.54) is 0 Å². The van der Waals surface area contributed by atoms with Gasteiger partial charge in [-0.2, -0.15) is 10.2 Å². The Bertz CT molecular complexity index is 848. The van der Waals surface area contributed by atoms with Crippen molar-refractivity contribution in [2.24, 2.45) is 14.1 Å². The van der Waals surface area contributed by atoms with E-state index in [0.29, 0.717) is 11.3 Å². The number of piperidine rings is 1. The number of H-pyrrole nitrogens is 1. The molecule has 0 aliphatic carbocycles. The zero-order valence-corrected chi connectivity index (χ0v) is 16.4. The summed E-state index contributed by atoms with van der Waals surface area (Å²) in [7, 11) is 3.84. The summed E-state index contributed by atoms with van der Waals surface area (Å²) in [5.41, 5.74) is 3.04. The van der Waals surface area contributed by atoms with Crippen LogP contribution in [0, 0.1) is 18.6 Å². The van der Waals surface area contributed by atoms with E-state index in [1.807, 2.05) is 49.0 Å². The molecule has 2 atom stereocenters. The number of nitrogens with zero attached hydrogens (tertiary/aromatic N) is 5. The number of amides is 1. The molecule has 0 saturated carbocycles. The second-order valence-electron chi connectivity index (χ2n) is 7.00. The van der Waals surface area contributed by atoms with Crippen LogP contribution in [0.25, 0.3) is 0 Å². The van der Waals surface area contributed by atoms with E-state index in [4.69, 9.17) is 12.2 Å². The molecule has 2 aromatic heterocycles. The Morgan fingerprint density at radius 3 is 2.64 bits per heavy atom. The van der Waals surface area contributed by atoms with E-state index in [-0.39, 0.29) is 17.7 Å². The van der Waals surface area contributed by atoms with Crippen molar-refractivity contribution in [1.29, 1.82) is 0 Å². The highest BCUT2D eigenvalue weighted by Crippen LogP contribution is 2.30. The second-order valence-corrected chi connectivity index (χ2v) is 7.39. The summed E-state index contributed by atoms with van der Waals surface area (Å²) in [6.07, 6.45) is 2.00. The van der Waals surface area contributed by atoms with Gasteiger partial charge in [-0.25, -0.2) is 0 Å². The highest BCUT2D eigenvalue weighted by atomic mass is 32.1. The predicted molar refractivity (Wildman–Crippen MR) is 98.0 cm³/mol. The maximum atomic E-state index is 13.1. The van der Waals surface area contributed by atoms with E-state index in [1.54, 1.807) is 0 Å². The van der Waals surface area contributed by atoms with E-state index in [0.717, 1.165) is 42.2 Å². The molecular formula is C17H26N6OS. The summed E-state index contributed by atoms with van der Waals surface area (Å²) in [5.74, 6) is 1.14. The molecule has 1 aliphatic heterocycles. The molecule has 1 amide bonds. The number of aromatic nitrogens is 5. The number of aromatic amines is 1. The van der Waals surface area contributed by atoms with Gasteiger partial charge in [-0.1, -0.05) is 0 Å². The van der Waals surface area contributed by atoms with Gasteiger partial charge in [0.15, 0.2) is 4.77 Å². The van der Waals surface area contributed by atoms with Crippen LogP contribution in [0.2, 0.25) is 0 Å². The Morgan fingerprint density at radius 2 is 2.08 bits per heavy atom. The number of hydrogen-bond acceptors (Lipinski definition) is 4. The first-order chi connectivity index (χ1) is 11.8. The first-order valence-corrected chi connectivity index (χ1v) is 9.12. The van der Waals surface area contributed by atoms with E-state index in [9.17, 15) is 4.79 Å². The smallest absolute Gasteiger partial charge is 0.229 e. The summed E-state index contributed by atoms with van der Waals surface area (Å²) < 4.78 is 4.38. The van der Waals surface area contributed by atoms with Crippen LogP contribution in [0.3, 0.4) is 0 Å². The average molecular weight is 363 g/mol. The SMILES string of the molecule is Cc1nn(C)c(C)c1C(C)C(=O)N1CCCC(c2n[nH]c(=S)n2C)C1. The zero-order chi connectivity index (χ0) is 18.3. The molecule has 0 aromatic carbocycles. The van der Waals surface area contributed by atoms with Gasteiger partial charge >= 0.3 is 0 Å². The number of likely N-dealkylation sites (tertiary alicyclic amines) is 1. The van der Waals surface area contributed by atoms with Crippen LogP contribution in [0.1, 0.15) is 54.4 Å². The fraction of sp³-hybridized carbons (Fsp3) is 0.647. The van der Waals surface area contributed by atoms with Crippen molar-refractivity contribution >= 4 is 18.1 Å².